The third-order valence-electron chi connectivity index (χ3n) is 11.8. The van der Waals surface area contributed by atoms with E-state index < -0.39 is 12.1 Å². The fourth-order valence-corrected chi connectivity index (χ4v) is 7.79. The molecule has 1 amide bonds. The predicted molar refractivity (Wildman–Crippen MR) is 250 cm³/mol. The molecule has 0 rings (SSSR count). The van der Waals surface area contributed by atoms with Crippen molar-refractivity contribution in [1.82, 2.24) is 5.32 Å². The van der Waals surface area contributed by atoms with Crippen LogP contribution in [-0.2, 0) is 14.3 Å². The summed E-state index contributed by atoms with van der Waals surface area (Å²) >= 11 is 0. The highest BCUT2D eigenvalue weighted by Crippen LogP contribution is 2.16. The maximum Gasteiger partial charge on any atom is 0.305 e. The maximum atomic E-state index is 12.4. The third-order valence-corrected chi connectivity index (χ3v) is 11.8. The molecule has 0 saturated carbocycles. The van der Waals surface area contributed by atoms with Crippen LogP contribution in [-0.4, -0.2) is 47.4 Å². The van der Waals surface area contributed by atoms with Gasteiger partial charge in [0.2, 0.25) is 5.91 Å². The van der Waals surface area contributed by atoms with Gasteiger partial charge in [-0.2, -0.15) is 0 Å². The summed E-state index contributed by atoms with van der Waals surface area (Å²) in [6, 6.07) is -0.559. The molecule has 342 valence electrons. The molecule has 0 bridgehead atoms. The van der Waals surface area contributed by atoms with Gasteiger partial charge >= 0.3 is 5.97 Å². The van der Waals surface area contributed by atoms with E-state index in [1.807, 2.05) is 0 Å². The second-order valence-corrected chi connectivity index (χ2v) is 17.5. The fraction of sp³-hybridized carbons (Fsp3) is 0.885. The van der Waals surface area contributed by atoms with Gasteiger partial charge in [-0.1, -0.05) is 224 Å². The van der Waals surface area contributed by atoms with Crippen LogP contribution in [0.3, 0.4) is 0 Å². The zero-order valence-electron chi connectivity index (χ0n) is 38.8. The van der Waals surface area contributed by atoms with Crippen LogP contribution in [0.1, 0.15) is 271 Å². The van der Waals surface area contributed by atoms with Crippen LogP contribution in [0.5, 0.6) is 0 Å². The van der Waals surface area contributed by atoms with Crippen LogP contribution in [0.4, 0.5) is 0 Å². The van der Waals surface area contributed by atoms with E-state index in [0.29, 0.717) is 25.9 Å². The van der Waals surface area contributed by atoms with Gasteiger partial charge in [0.1, 0.15) is 0 Å². The van der Waals surface area contributed by atoms with E-state index in [-0.39, 0.29) is 18.5 Å². The number of esters is 1. The minimum atomic E-state index is -0.679. The number of unbranched alkanes of at least 4 members (excludes halogenated alkanes) is 32. The molecule has 0 aliphatic rings. The lowest BCUT2D eigenvalue weighted by atomic mass is 10.0. The third kappa shape index (κ3) is 43.9. The van der Waals surface area contributed by atoms with Gasteiger partial charge in [-0.25, -0.2) is 0 Å². The monoisotopic (exact) mass is 818 g/mol. The molecule has 0 aliphatic carbocycles. The first-order valence-electron chi connectivity index (χ1n) is 25.6. The number of hydrogen-bond acceptors (Lipinski definition) is 5. The van der Waals surface area contributed by atoms with Crippen molar-refractivity contribution in [3.05, 3.63) is 24.3 Å². The number of rotatable bonds is 47. The molecule has 3 N–H and O–H groups in total. The number of amides is 1. The second kappa shape index (κ2) is 48.0. The molecule has 0 aromatic carbocycles. The SMILES string of the molecule is CCCCC/C=C\C/C=C\CCCCCCCC(=O)OCCCCCCCCCCCCC(=O)NC(CO)C(O)CCCCCCCCCCCCCCCCCC. The van der Waals surface area contributed by atoms with Gasteiger partial charge in [-0.05, 0) is 57.8 Å². The Morgan fingerprint density at radius 3 is 1.34 bits per heavy atom. The van der Waals surface area contributed by atoms with Gasteiger partial charge in [0, 0.05) is 12.8 Å². The van der Waals surface area contributed by atoms with Crippen molar-refractivity contribution >= 4 is 11.9 Å². The maximum absolute atomic E-state index is 12.4. The topological polar surface area (TPSA) is 95.9 Å². The summed E-state index contributed by atoms with van der Waals surface area (Å²) in [6.45, 7) is 4.87. The lowest BCUT2D eigenvalue weighted by Crippen LogP contribution is -2.45. The van der Waals surface area contributed by atoms with E-state index >= 15 is 0 Å². The Labute approximate surface area is 361 Å². The summed E-state index contributed by atoms with van der Waals surface area (Å²) in [5, 5.41) is 23.2. The van der Waals surface area contributed by atoms with Crippen molar-refractivity contribution in [3.8, 4) is 0 Å². The summed E-state index contributed by atoms with van der Waals surface area (Å²) in [4.78, 5) is 24.5. The minimum absolute atomic E-state index is 0.0327. The Bertz CT molecular complexity index is 904. The molecule has 0 aliphatic heterocycles. The summed E-state index contributed by atoms with van der Waals surface area (Å²) < 4.78 is 5.45. The van der Waals surface area contributed by atoms with E-state index in [0.717, 1.165) is 70.6 Å². The molecular weight excluding hydrogens is 719 g/mol. The smallest absolute Gasteiger partial charge is 0.305 e. The van der Waals surface area contributed by atoms with Gasteiger partial charge in [0.25, 0.3) is 0 Å². The highest BCUT2D eigenvalue weighted by molar-refractivity contribution is 5.76. The first kappa shape index (κ1) is 56.3. The normalized spacial score (nSPS) is 12.8. The van der Waals surface area contributed by atoms with Crippen LogP contribution in [0, 0.1) is 0 Å². The second-order valence-electron chi connectivity index (χ2n) is 17.5. The van der Waals surface area contributed by atoms with E-state index in [4.69, 9.17) is 4.74 Å². The van der Waals surface area contributed by atoms with Crippen molar-refractivity contribution in [3.63, 3.8) is 0 Å². The zero-order chi connectivity index (χ0) is 42.3. The van der Waals surface area contributed by atoms with Gasteiger partial charge in [-0.15, -0.1) is 0 Å². The summed E-state index contributed by atoms with van der Waals surface area (Å²) in [5.41, 5.74) is 0. The summed E-state index contributed by atoms with van der Waals surface area (Å²) in [6.07, 6.45) is 55.6. The fourth-order valence-electron chi connectivity index (χ4n) is 7.79. The summed E-state index contributed by atoms with van der Waals surface area (Å²) in [5.74, 6) is -0.0908. The lowest BCUT2D eigenvalue weighted by molar-refractivity contribution is -0.143. The molecular formula is C52H99NO5. The lowest BCUT2D eigenvalue weighted by Gasteiger charge is -2.22. The van der Waals surface area contributed by atoms with E-state index in [1.165, 1.54) is 167 Å². The number of ether oxygens (including phenoxy) is 1. The molecule has 0 aromatic heterocycles. The molecule has 0 aromatic rings. The molecule has 0 heterocycles. The number of allylic oxidation sites excluding steroid dienone is 4. The van der Waals surface area contributed by atoms with Crippen LogP contribution in [0.25, 0.3) is 0 Å². The Kier molecular flexibility index (Phi) is 46.6. The Morgan fingerprint density at radius 1 is 0.483 bits per heavy atom. The Morgan fingerprint density at radius 2 is 0.862 bits per heavy atom. The molecule has 2 unspecified atom stereocenters. The van der Waals surface area contributed by atoms with Crippen LogP contribution in [0.2, 0.25) is 0 Å². The van der Waals surface area contributed by atoms with E-state index in [2.05, 4.69) is 43.5 Å². The van der Waals surface area contributed by atoms with Gasteiger partial charge in [0.05, 0.1) is 25.4 Å². The van der Waals surface area contributed by atoms with Crippen molar-refractivity contribution < 1.29 is 24.5 Å². The number of aliphatic hydroxyl groups excluding tert-OH is 2. The molecule has 0 spiro atoms. The zero-order valence-corrected chi connectivity index (χ0v) is 38.8. The van der Waals surface area contributed by atoms with Crippen LogP contribution in [0.15, 0.2) is 24.3 Å². The molecule has 0 radical (unpaired) electrons. The molecule has 2 atom stereocenters. The molecule has 58 heavy (non-hydrogen) atoms. The number of carbonyl (C=O) groups is 2. The molecule has 6 heteroatoms. The minimum Gasteiger partial charge on any atom is -0.466 e. The Balaban J connectivity index is 3.49. The van der Waals surface area contributed by atoms with Crippen molar-refractivity contribution in [2.75, 3.05) is 13.2 Å². The first-order chi connectivity index (χ1) is 28.5. The first-order valence-corrected chi connectivity index (χ1v) is 25.6. The van der Waals surface area contributed by atoms with Gasteiger partial charge < -0.3 is 20.3 Å². The Hall–Kier alpha value is -1.66. The summed E-state index contributed by atoms with van der Waals surface area (Å²) in [7, 11) is 0. The average Bonchev–Trinajstić information content (AvgIpc) is 3.22. The van der Waals surface area contributed by atoms with Gasteiger partial charge in [0.15, 0.2) is 0 Å². The number of carbonyl (C=O) groups excluding carboxylic acids is 2. The predicted octanol–water partition coefficient (Wildman–Crippen LogP) is 15.1. The van der Waals surface area contributed by atoms with Crippen molar-refractivity contribution in [2.45, 2.75) is 283 Å². The van der Waals surface area contributed by atoms with Crippen molar-refractivity contribution in [2.24, 2.45) is 0 Å². The van der Waals surface area contributed by atoms with Gasteiger partial charge in [-0.3, -0.25) is 9.59 Å². The average molecular weight is 818 g/mol. The standard InChI is InChI=1S/C52H99NO5/c1-3-5-7-9-11-13-15-17-19-21-22-24-28-32-36-40-44-50(55)49(48-54)53-51(56)45-41-37-33-29-26-27-31-35-39-43-47-58-52(57)46-42-38-34-30-25-23-20-18-16-14-12-10-8-6-4-2/h12,14,18,20,49-50,54-55H,3-11,13,15-17,19,21-48H2,1-2H3,(H,53,56)/b14-12-,20-18-. The quantitative estimate of drug-likeness (QED) is 0.0323. The molecule has 0 saturated heterocycles. The molecule has 6 nitrogen and oxygen atoms in total. The highest BCUT2D eigenvalue weighted by atomic mass is 16.5. The van der Waals surface area contributed by atoms with Crippen molar-refractivity contribution in [1.29, 1.82) is 0 Å². The highest BCUT2D eigenvalue weighted by Gasteiger charge is 2.20. The number of aliphatic hydroxyl groups is 2. The van der Waals surface area contributed by atoms with Crippen LogP contribution < -0.4 is 5.32 Å². The number of hydrogen-bond donors (Lipinski definition) is 3. The number of nitrogens with one attached hydrogen (secondary N) is 1. The van der Waals surface area contributed by atoms with E-state index in [1.54, 1.807) is 0 Å². The largest absolute Gasteiger partial charge is 0.466 e. The van der Waals surface area contributed by atoms with E-state index in [9.17, 15) is 19.8 Å². The van der Waals surface area contributed by atoms with Crippen LogP contribution >= 0.6 is 0 Å². The molecule has 0 fully saturated rings.